The highest BCUT2D eigenvalue weighted by Gasteiger charge is 2.32. The van der Waals surface area contributed by atoms with Gasteiger partial charge in [-0.05, 0) is 42.2 Å². The van der Waals surface area contributed by atoms with Crippen LogP contribution in [-0.2, 0) is 4.79 Å². The number of benzene rings is 2. The van der Waals surface area contributed by atoms with Crippen LogP contribution in [0, 0.1) is 0 Å². The molecule has 0 heterocycles. The molecule has 1 unspecified atom stereocenters. The largest absolute Gasteiger partial charge is 0.481 e. The summed E-state index contributed by atoms with van der Waals surface area (Å²) in [7, 11) is 0. The minimum absolute atomic E-state index is 0.217. The summed E-state index contributed by atoms with van der Waals surface area (Å²) in [5.74, 6) is -0.716. The smallest absolute Gasteiger partial charge is 0.304 e. The highest BCUT2D eigenvalue weighted by molar-refractivity contribution is 5.83. The summed E-state index contributed by atoms with van der Waals surface area (Å²) >= 11 is 0. The molecule has 1 aliphatic rings. The number of fused-ring (bicyclic) bond motifs is 1. The molecule has 0 amide bonds. The summed E-state index contributed by atoms with van der Waals surface area (Å²) in [5, 5.41) is 11.4. The van der Waals surface area contributed by atoms with Crippen molar-refractivity contribution in [1.29, 1.82) is 0 Å². The van der Waals surface area contributed by atoms with Crippen molar-refractivity contribution < 1.29 is 9.90 Å². The highest BCUT2D eigenvalue weighted by Crippen LogP contribution is 2.35. The highest BCUT2D eigenvalue weighted by atomic mass is 16.4. The van der Waals surface area contributed by atoms with Gasteiger partial charge in [0.25, 0.3) is 0 Å². The molecule has 1 atom stereocenters. The molecule has 0 radical (unpaired) electrons. The first-order chi connectivity index (χ1) is 10.1. The van der Waals surface area contributed by atoms with E-state index in [-0.39, 0.29) is 12.5 Å². The van der Waals surface area contributed by atoms with Gasteiger partial charge in [-0.2, -0.15) is 0 Å². The third kappa shape index (κ3) is 3.24. The molecule has 0 bridgehead atoms. The van der Waals surface area contributed by atoms with Gasteiger partial charge in [-0.25, -0.2) is 0 Å². The minimum Gasteiger partial charge on any atom is -0.481 e. The molecule has 0 aliphatic heterocycles. The van der Waals surface area contributed by atoms with E-state index in [9.17, 15) is 4.79 Å². The molecule has 0 saturated heterocycles. The predicted octanol–water partition coefficient (Wildman–Crippen LogP) is 3.84. The van der Waals surface area contributed by atoms with Gasteiger partial charge in [0.1, 0.15) is 0 Å². The molecule has 0 spiro atoms. The number of carboxylic acid groups (broad SMARTS) is 1. The summed E-state index contributed by atoms with van der Waals surface area (Å²) in [6.45, 7) is 2.82. The van der Waals surface area contributed by atoms with Gasteiger partial charge in [-0.3, -0.25) is 9.69 Å². The number of nitrogens with zero attached hydrogens (tertiary/aromatic N) is 1. The predicted molar refractivity (Wildman–Crippen MR) is 84.3 cm³/mol. The fourth-order valence-corrected chi connectivity index (χ4v) is 2.98. The lowest BCUT2D eigenvalue weighted by atomic mass is 10.0. The van der Waals surface area contributed by atoms with Crippen LogP contribution in [0.5, 0.6) is 0 Å². The quantitative estimate of drug-likeness (QED) is 0.875. The molecule has 2 aromatic rings. The van der Waals surface area contributed by atoms with Gasteiger partial charge in [0.05, 0.1) is 6.42 Å². The lowest BCUT2D eigenvalue weighted by Crippen LogP contribution is -2.31. The van der Waals surface area contributed by atoms with Crippen molar-refractivity contribution in [2.75, 3.05) is 6.54 Å². The number of carboxylic acids is 1. The molecule has 1 saturated carbocycles. The van der Waals surface area contributed by atoms with E-state index in [0.29, 0.717) is 12.6 Å². The van der Waals surface area contributed by atoms with Crippen LogP contribution in [0.25, 0.3) is 10.8 Å². The number of carbonyl (C=O) groups is 1. The van der Waals surface area contributed by atoms with Gasteiger partial charge in [0.15, 0.2) is 0 Å². The Kier molecular flexibility index (Phi) is 3.93. The summed E-state index contributed by atoms with van der Waals surface area (Å²) in [6, 6.07) is 15.7. The third-order valence-corrected chi connectivity index (χ3v) is 4.35. The zero-order valence-electron chi connectivity index (χ0n) is 12.3. The molecule has 2 aromatic carbocycles. The van der Waals surface area contributed by atoms with Crippen LogP contribution in [-0.4, -0.2) is 28.6 Å². The topological polar surface area (TPSA) is 40.5 Å². The zero-order chi connectivity index (χ0) is 14.8. The Balaban J connectivity index is 1.82. The zero-order valence-corrected chi connectivity index (χ0v) is 12.3. The molecular weight excluding hydrogens is 262 g/mol. The standard InChI is InChI=1S/C18H21NO2/c1-13(19(17-8-9-17)11-10-18(20)21)15-7-6-14-4-2-3-5-16(14)12-15/h2-7,12-13,17H,8-11H2,1H3,(H,20,21). The maximum absolute atomic E-state index is 10.9. The van der Waals surface area contributed by atoms with Crippen molar-refractivity contribution in [2.24, 2.45) is 0 Å². The molecule has 0 aromatic heterocycles. The fourth-order valence-electron chi connectivity index (χ4n) is 2.98. The van der Waals surface area contributed by atoms with E-state index in [1.165, 1.54) is 29.2 Å². The lowest BCUT2D eigenvalue weighted by Gasteiger charge is -2.29. The fraction of sp³-hybridized carbons (Fsp3) is 0.389. The number of hydrogen-bond donors (Lipinski definition) is 1. The number of rotatable bonds is 6. The van der Waals surface area contributed by atoms with E-state index < -0.39 is 5.97 Å². The van der Waals surface area contributed by atoms with E-state index >= 15 is 0 Å². The van der Waals surface area contributed by atoms with E-state index in [0.717, 1.165) is 0 Å². The number of aliphatic carboxylic acids is 1. The van der Waals surface area contributed by atoms with Gasteiger partial charge in [-0.1, -0.05) is 36.4 Å². The first-order valence-electron chi connectivity index (χ1n) is 7.61. The van der Waals surface area contributed by atoms with Crippen LogP contribution in [0.15, 0.2) is 42.5 Å². The second-order valence-electron chi connectivity index (χ2n) is 5.90. The average Bonchev–Trinajstić information content (AvgIpc) is 3.31. The molecule has 1 fully saturated rings. The Morgan fingerprint density at radius 1 is 1.24 bits per heavy atom. The van der Waals surface area contributed by atoms with Gasteiger partial charge in [0.2, 0.25) is 0 Å². The third-order valence-electron chi connectivity index (χ3n) is 4.35. The van der Waals surface area contributed by atoms with Crippen molar-refractivity contribution in [3.63, 3.8) is 0 Å². The first kappa shape index (κ1) is 14.1. The molecule has 3 rings (SSSR count). The second-order valence-corrected chi connectivity index (χ2v) is 5.90. The molecule has 21 heavy (non-hydrogen) atoms. The van der Waals surface area contributed by atoms with Crippen molar-refractivity contribution in [3.05, 3.63) is 48.0 Å². The van der Waals surface area contributed by atoms with E-state index in [1.54, 1.807) is 0 Å². The molecule has 1 aliphatic carbocycles. The maximum Gasteiger partial charge on any atom is 0.304 e. The van der Waals surface area contributed by atoms with Crippen molar-refractivity contribution >= 4 is 16.7 Å². The normalized spacial score (nSPS) is 16.3. The Bertz CT molecular complexity index is 648. The summed E-state index contributed by atoms with van der Waals surface area (Å²) < 4.78 is 0. The van der Waals surface area contributed by atoms with Gasteiger partial charge in [0, 0.05) is 18.6 Å². The van der Waals surface area contributed by atoms with Crippen molar-refractivity contribution in [3.8, 4) is 0 Å². The SMILES string of the molecule is CC(c1ccc2ccccc2c1)N(CCC(=O)O)C1CC1. The summed E-state index contributed by atoms with van der Waals surface area (Å²) in [6.07, 6.45) is 2.60. The van der Waals surface area contributed by atoms with E-state index in [1.807, 2.05) is 0 Å². The second kappa shape index (κ2) is 5.86. The Labute approximate surface area is 125 Å². The molecule has 3 nitrogen and oxygen atoms in total. The van der Waals surface area contributed by atoms with E-state index in [4.69, 9.17) is 5.11 Å². The molecule has 3 heteroatoms. The summed E-state index contributed by atoms with van der Waals surface area (Å²) in [5.41, 5.74) is 1.27. The van der Waals surface area contributed by atoms with Gasteiger partial charge in [-0.15, -0.1) is 0 Å². The van der Waals surface area contributed by atoms with Crippen LogP contribution in [0.3, 0.4) is 0 Å². The number of hydrogen-bond acceptors (Lipinski definition) is 2. The van der Waals surface area contributed by atoms with Gasteiger partial charge >= 0.3 is 5.97 Å². The van der Waals surface area contributed by atoms with Crippen LogP contribution in [0.1, 0.15) is 37.8 Å². The molecular formula is C18H21NO2. The molecule has 110 valence electrons. The Morgan fingerprint density at radius 2 is 1.95 bits per heavy atom. The lowest BCUT2D eigenvalue weighted by molar-refractivity contribution is -0.137. The maximum atomic E-state index is 10.9. The van der Waals surface area contributed by atoms with Crippen molar-refractivity contribution in [1.82, 2.24) is 4.90 Å². The van der Waals surface area contributed by atoms with Gasteiger partial charge < -0.3 is 5.11 Å². The van der Waals surface area contributed by atoms with Crippen molar-refractivity contribution in [2.45, 2.75) is 38.3 Å². The Hall–Kier alpha value is -1.87. The molecule has 1 N–H and O–H groups in total. The minimum atomic E-state index is -0.716. The van der Waals surface area contributed by atoms with Crippen LogP contribution in [0.4, 0.5) is 0 Å². The average molecular weight is 283 g/mol. The Morgan fingerprint density at radius 3 is 2.62 bits per heavy atom. The van der Waals surface area contributed by atoms with Crippen LogP contribution in [0.2, 0.25) is 0 Å². The van der Waals surface area contributed by atoms with E-state index in [2.05, 4.69) is 54.3 Å². The summed E-state index contributed by atoms with van der Waals surface area (Å²) in [4.78, 5) is 13.2. The first-order valence-corrected chi connectivity index (χ1v) is 7.61. The van der Waals surface area contributed by atoms with Crippen LogP contribution >= 0.6 is 0 Å². The van der Waals surface area contributed by atoms with Crippen LogP contribution < -0.4 is 0 Å². The monoisotopic (exact) mass is 283 g/mol.